The minimum absolute atomic E-state index is 0.00386. The Morgan fingerprint density at radius 2 is 1.80 bits per heavy atom. The fourth-order valence-corrected chi connectivity index (χ4v) is 3.38. The van der Waals surface area contributed by atoms with Crippen molar-refractivity contribution in [2.75, 3.05) is 0 Å². The van der Waals surface area contributed by atoms with Gasteiger partial charge >= 0.3 is 0 Å². The number of carbonyl (C=O) groups excluding carboxylic acids is 1. The molecule has 1 amide bonds. The molecule has 0 saturated carbocycles. The Balaban J connectivity index is 1.68. The molecule has 132 valence electrons. The van der Waals surface area contributed by atoms with E-state index >= 15 is 0 Å². The maximum Gasteiger partial charge on any atom is 0.220 e. The zero-order chi connectivity index (χ0) is 18.0. The summed E-state index contributed by atoms with van der Waals surface area (Å²) < 4.78 is 6.08. The van der Waals surface area contributed by atoms with Gasteiger partial charge in [-0.3, -0.25) is 4.79 Å². The molecule has 0 bridgehead atoms. The van der Waals surface area contributed by atoms with E-state index in [0.29, 0.717) is 6.42 Å². The monoisotopic (exact) mass is 337 g/mol. The van der Waals surface area contributed by atoms with Gasteiger partial charge < -0.3 is 10.1 Å². The van der Waals surface area contributed by atoms with Crippen LogP contribution in [0, 0.1) is 13.8 Å². The first kappa shape index (κ1) is 17.5. The molecule has 0 aliphatic carbocycles. The average Bonchev–Trinajstić information content (AvgIpc) is 2.54. The van der Waals surface area contributed by atoms with Crippen LogP contribution in [0.3, 0.4) is 0 Å². The van der Waals surface area contributed by atoms with E-state index in [-0.39, 0.29) is 17.6 Å². The summed E-state index contributed by atoms with van der Waals surface area (Å²) in [4.78, 5) is 12.5. The van der Waals surface area contributed by atoms with Gasteiger partial charge in [0.2, 0.25) is 5.91 Å². The summed E-state index contributed by atoms with van der Waals surface area (Å²) in [6, 6.07) is 14.6. The van der Waals surface area contributed by atoms with E-state index in [1.165, 1.54) is 16.7 Å². The Labute approximate surface area is 150 Å². The molecular formula is C22H27NO2. The lowest BCUT2D eigenvalue weighted by Crippen LogP contribution is -2.41. The smallest absolute Gasteiger partial charge is 0.220 e. The summed E-state index contributed by atoms with van der Waals surface area (Å²) in [5.41, 5.74) is 4.43. The van der Waals surface area contributed by atoms with Crippen LogP contribution in [0.15, 0.2) is 42.5 Å². The van der Waals surface area contributed by atoms with Crippen LogP contribution in [0.25, 0.3) is 0 Å². The van der Waals surface area contributed by atoms with Gasteiger partial charge in [0.15, 0.2) is 0 Å². The fraction of sp³-hybridized carbons (Fsp3) is 0.409. The van der Waals surface area contributed by atoms with Gasteiger partial charge in [-0.1, -0.05) is 47.5 Å². The maximum absolute atomic E-state index is 12.5. The lowest BCUT2D eigenvalue weighted by Gasteiger charge is -2.38. The quantitative estimate of drug-likeness (QED) is 0.881. The summed E-state index contributed by atoms with van der Waals surface area (Å²) in [6.45, 7) is 8.28. The molecule has 1 aliphatic heterocycles. The third-order valence-corrected chi connectivity index (χ3v) is 4.72. The van der Waals surface area contributed by atoms with Crippen LogP contribution in [0.2, 0.25) is 0 Å². The molecule has 0 radical (unpaired) electrons. The minimum atomic E-state index is -0.281. The molecule has 25 heavy (non-hydrogen) atoms. The van der Waals surface area contributed by atoms with Crippen molar-refractivity contribution < 1.29 is 9.53 Å². The van der Waals surface area contributed by atoms with Gasteiger partial charge in [-0.2, -0.15) is 0 Å². The number of benzene rings is 2. The number of rotatable bonds is 4. The minimum Gasteiger partial charge on any atom is -0.487 e. The Bertz CT molecular complexity index is 762. The summed E-state index contributed by atoms with van der Waals surface area (Å²) in [7, 11) is 0. The highest BCUT2D eigenvalue weighted by atomic mass is 16.5. The Hall–Kier alpha value is -2.29. The highest BCUT2D eigenvalue weighted by Crippen LogP contribution is 2.39. The molecular weight excluding hydrogens is 310 g/mol. The van der Waals surface area contributed by atoms with Crippen LogP contribution in [0.5, 0.6) is 5.75 Å². The van der Waals surface area contributed by atoms with E-state index in [4.69, 9.17) is 4.74 Å². The summed E-state index contributed by atoms with van der Waals surface area (Å²) in [5.74, 6) is 0.974. The van der Waals surface area contributed by atoms with Crippen molar-refractivity contribution in [3.63, 3.8) is 0 Å². The molecule has 3 rings (SSSR count). The first-order chi connectivity index (χ1) is 11.8. The van der Waals surface area contributed by atoms with Crippen molar-refractivity contribution in [1.29, 1.82) is 0 Å². The SMILES string of the molecule is Cc1ccc(CCC(=O)NC2CC(C)(C)Oc3ccc(C)cc32)cc1. The van der Waals surface area contributed by atoms with Crippen molar-refractivity contribution >= 4 is 5.91 Å². The number of carbonyl (C=O) groups is 1. The first-order valence-electron chi connectivity index (χ1n) is 8.97. The van der Waals surface area contributed by atoms with Crippen molar-refractivity contribution in [3.05, 3.63) is 64.7 Å². The standard InChI is InChI=1S/C22H27NO2/c1-15-5-8-17(9-6-15)10-12-21(24)23-19-14-22(3,4)25-20-11-7-16(2)13-18(19)20/h5-9,11,13,19H,10,12,14H2,1-4H3,(H,23,24). The van der Waals surface area contributed by atoms with Gasteiger partial charge in [0.1, 0.15) is 11.4 Å². The van der Waals surface area contributed by atoms with E-state index < -0.39 is 0 Å². The van der Waals surface area contributed by atoms with E-state index in [1.807, 2.05) is 6.07 Å². The maximum atomic E-state index is 12.5. The predicted octanol–water partition coefficient (Wildman–Crippen LogP) is 4.65. The average molecular weight is 337 g/mol. The van der Waals surface area contributed by atoms with E-state index in [1.54, 1.807) is 0 Å². The van der Waals surface area contributed by atoms with Crippen molar-refractivity contribution in [1.82, 2.24) is 5.32 Å². The third-order valence-electron chi connectivity index (χ3n) is 4.72. The second-order valence-corrected chi connectivity index (χ2v) is 7.71. The topological polar surface area (TPSA) is 38.3 Å². The number of hydrogen-bond donors (Lipinski definition) is 1. The van der Waals surface area contributed by atoms with Crippen LogP contribution >= 0.6 is 0 Å². The van der Waals surface area contributed by atoms with E-state index in [9.17, 15) is 4.79 Å². The second-order valence-electron chi connectivity index (χ2n) is 7.71. The predicted molar refractivity (Wildman–Crippen MR) is 101 cm³/mol. The number of amides is 1. The molecule has 2 aromatic carbocycles. The van der Waals surface area contributed by atoms with Crippen molar-refractivity contribution in [2.45, 2.75) is 58.6 Å². The van der Waals surface area contributed by atoms with Crippen LogP contribution in [0.1, 0.15) is 55.0 Å². The summed E-state index contributed by atoms with van der Waals surface area (Å²) in [6.07, 6.45) is 2.04. The van der Waals surface area contributed by atoms with Crippen molar-refractivity contribution in [2.24, 2.45) is 0 Å². The van der Waals surface area contributed by atoms with Gasteiger partial charge in [0.25, 0.3) is 0 Å². The highest BCUT2D eigenvalue weighted by molar-refractivity contribution is 5.77. The molecule has 3 nitrogen and oxygen atoms in total. The second kappa shape index (κ2) is 6.91. The van der Waals surface area contributed by atoms with Crippen LogP contribution < -0.4 is 10.1 Å². The Kier molecular flexibility index (Phi) is 4.85. The molecule has 0 saturated heterocycles. The normalized spacial score (nSPS) is 18.2. The molecule has 1 atom stereocenters. The lowest BCUT2D eigenvalue weighted by molar-refractivity contribution is -0.122. The van der Waals surface area contributed by atoms with Gasteiger partial charge in [-0.05, 0) is 45.7 Å². The molecule has 0 spiro atoms. The number of fused-ring (bicyclic) bond motifs is 1. The Morgan fingerprint density at radius 1 is 1.12 bits per heavy atom. The molecule has 1 unspecified atom stereocenters. The van der Waals surface area contributed by atoms with Gasteiger partial charge in [0, 0.05) is 18.4 Å². The summed E-state index contributed by atoms with van der Waals surface area (Å²) in [5, 5.41) is 3.22. The largest absolute Gasteiger partial charge is 0.487 e. The molecule has 1 aliphatic rings. The molecule has 0 aromatic heterocycles. The molecule has 1 N–H and O–H groups in total. The highest BCUT2D eigenvalue weighted by Gasteiger charge is 2.34. The summed E-state index contributed by atoms with van der Waals surface area (Å²) >= 11 is 0. The number of ether oxygens (including phenoxy) is 1. The van der Waals surface area contributed by atoms with Crippen LogP contribution in [-0.2, 0) is 11.2 Å². The van der Waals surface area contributed by atoms with Crippen molar-refractivity contribution in [3.8, 4) is 5.75 Å². The molecule has 2 aromatic rings. The Morgan fingerprint density at radius 3 is 2.52 bits per heavy atom. The van der Waals surface area contributed by atoms with Crippen LogP contribution in [0.4, 0.5) is 0 Å². The zero-order valence-corrected chi connectivity index (χ0v) is 15.6. The molecule has 1 heterocycles. The first-order valence-corrected chi connectivity index (χ1v) is 8.97. The zero-order valence-electron chi connectivity index (χ0n) is 15.6. The van der Waals surface area contributed by atoms with Crippen LogP contribution in [-0.4, -0.2) is 11.5 Å². The lowest BCUT2D eigenvalue weighted by atomic mass is 9.89. The fourth-order valence-electron chi connectivity index (χ4n) is 3.38. The van der Waals surface area contributed by atoms with Gasteiger partial charge in [0.05, 0.1) is 6.04 Å². The number of hydrogen-bond acceptors (Lipinski definition) is 2. The van der Waals surface area contributed by atoms with E-state index in [2.05, 4.69) is 69.4 Å². The van der Waals surface area contributed by atoms with Gasteiger partial charge in [-0.15, -0.1) is 0 Å². The third kappa shape index (κ3) is 4.41. The number of nitrogens with one attached hydrogen (secondary N) is 1. The van der Waals surface area contributed by atoms with E-state index in [0.717, 1.165) is 24.2 Å². The molecule has 0 fully saturated rings. The van der Waals surface area contributed by atoms with Gasteiger partial charge in [-0.25, -0.2) is 0 Å². The molecule has 3 heteroatoms. The number of aryl methyl sites for hydroxylation is 3.